The zero-order valence-electron chi connectivity index (χ0n) is 9.76. The van der Waals surface area contributed by atoms with E-state index in [1.54, 1.807) is 12.1 Å². The van der Waals surface area contributed by atoms with Gasteiger partial charge in [0, 0.05) is 16.4 Å². The summed E-state index contributed by atoms with van der Waals surface area (Å²) >= 11 is 9.20. The molecule has 1 N–H and O–H groups in total. The quantitative estimate of drug-likeness (QED) is 0.839. The minimum Gasteiger partial charge on any atom is -0.352 e. The van der Waals surface area contributed by atoms with Gasteiger partial charge in [-0.2, -0.15) is 0 Å². The molecule has 1 aromatic carbocycles. The number of hydrogen-bond acceptors (Lipinski definition) is 1. The summed E-state index contributed by atoms with van der Waals surface area (Å²) in [5.74, 6) is -0.483. The summed E-state index contributed by atoms with van der Waals surface area (Å²) in [6, 6.07) is 4.50. The Hall–Kier alpha value is -0.610. The van der Waals surface area contributed by atoms with E-state index in [0.717, 1.165) is 19.3 Å². The molecule has 2 unspecified atom stereocenters. The van der Waals surface area contributed by atoms with E-state index in [2.05, 4.69) is 21.2 Å². The number of carbonyl (C=O) groups is 1. The lowest BCUT2D eigenvalue weighted by Gasteiger charge is -2.12. The number of alkyl halides is 1. The maximum atomic E-state index is 13.6. The molecule has 18 heavy (non-hydrogen) atoms. The first kappa shape index (κ1) is 13.8. The normalized spacial score (nSPS) is 23.1. The lowest BCUT2D eigenvalue weighted by molar-refractivity contribution is 0.0942. The molecule has 5 heteroatoms. The van der Waals surface area contributed by atoms with Crippen LogP contribution in [0, 0.1) is 11.7 Å². The molecule has 0 saturated heterocycles. The summed E-state index contributed by atoms with van der Waals surface area (Å²) in [6.07, 6.45) is 2.93. The van der Waals surface area contributed by atoms with E-state index in [1.165, 1.54) is 6.07 Å². The zero-order valence-corrected chi connectivity index (χ0v) is 12.1. The van der Waals surface area contributed by atoms with Gasteiger partial charge in [0.25, 0.3) is 5.91 Å². The van der Waals surface area contributed by atoms with Crippen LogP contribution in [0.15, 0.2) is 22.7 Å². The monoisotopic (exact) mass is 333 g/mol. The smallest absolute Gasteiger partial charge is 0.255 e. The van der Waals surface area contributed by atoms with Crippen molar-refractivity contribution in [1.29, 1.82) is 0 Å². The Bertz CT molecular complexity index is 434. The number of hydrogen-bond donors (Lipinski definition) is 1. The third-order valence-electron chi connectivity index (χ3n) is 3.22. The van der Waals surface area contributed by atoms with Crippen LogP contribution >= 0.6 is 27.5 Å². The van der Waals surface area contributed by atoms with Crippen molar-refractivity contribution >= 4 is 33.4 Å². The highest BCUT2D eigenvalue weighted by atomic mass is 79.9. The zero-order chi connectivity index (χ0) is 13.1. The van der Waals surface area contributed by atoms with Crippen LogP contribution in [-0.4, -0.2) is 17.8 Å². The van der Waals surface area contributed by atoms with Crippen LogP contribution in [0.1, 0.15) is 29.6 Å². The van der Waals surface area contributed by atoms with Gasteiger partial charge >= 0.3 is 0 Å². The second kappa shape index (κ2) is 6.02. The molecule has 0 aromatic heterocycles. The number of carbonyl (C=O) groups excluding carboxylic acids is 1. The topological polar surface area (TPSA) is 29.1 Å². The van der Waals surface area contributed by atoms with E-state index in [0.29, 0.717) is 16.9 Å². The second-order valence-electron chi connectivity index (χ2n) is 4.58. The molecule has 0 aliphatic heterocycles. The molecule has 1 aromatic rings. The van der Waals surface area contributed by atoms with Crippen molar-refractivity contribution in [2.24, 2.45) is 5.92 Å². The predicted molar refractivity (Wildman–Crippen MR) is 73.4 cm³/mol. The molecule has 0 heterocycles. The van der Waals surface area contributed by atoms with Gasteiger partial charge in [-0.1, -0.05) is 6.07 Å². The fraction of sp³-hybridized carbons (Fsp3) is 0.462. The van der Waals surface area contributed by atoms with Gasteiger partial charge in [-0.3, -0.25) is 4.79 Å². The van der Waals surface area contributed by atoms with E-state index in [1.807, 2.05) is 0 Å². The van der Waals surface area contributed by atoms with Gasteiger partial charge in [-0.25, -0.2) is 4.39 Å². The van der Waals surface area contributed by atoms with Crippen LogP contribution in [0.5, 0.6) is 0 Å². The van der Waals surface area contributed by atoms with Crippen molar-refractivity contribution in [2.75, 3.05) is 6.54 Å². The summed E-state index contributed by atoms with van der Waals surface area (Å²) in [5.41, 5.74) is 0.0675. The molecule has 2 nitrogen and oxygen atoms in total. The van der Waals surface area contributed by atoms with Crippen LogP contribution in [0.2, 0.25) is 0 Å². The number of benzene rings is 1. The standard InChI is InChI=1S/C13H14BrClFNO/c14-10-2-1-3-11(16)12(10)13(18)17-7-8-4-5-9(15)6-8/h1-3,8-9H,4-7H2,(H,17,18). The van der Waals surface area contributed by atoms with E-state index in [9.17, 15) is 9.18 Å². The molecule has 1 saturated carbocycles. The molecule has 0 radical (unpaired) electrons. The van der Waals surface area contributed by atoms with Crippen LogP contribution in [-0.2, 0) is 0 Å². The second-order valence-corrected chi connectivity index (χ2v) is 6.05. The molecule has 1 fully saturated rings. The van der Waals surface area contributed by atoms with Gasteiger partial charge < -0.3 is 5.32 Å². The Morgan fingerprint density at radius 3 is 2.89 bits per heavy atom. The van der Waals surface area contributed by atoms with Crippen molar-refractivity contribution in [3.63, 3.8) is 0 Å². The van der Waals surface area contributed by atoms with Crippen molar-refractivity contribution in [1.82, 2.24) is 5.32 Å². The summed E-state index contributed by atoms with van der Waals surface area (Å²) in [7, 11) is 0. The first-order chi connectivity index (χ1) is 8.58. The van der Waals surface area contributed by atoms with Crippen molar-refractivity contribution < 1.29 is 9.18 Å². The summed E-state index contributed by atoms with van der Waals surface area (Å²) in [6.45, 7) is 0.558. The fourth-order valence-corrected chi connectivity index (χ4v) is 3.14. The summed E-state index contributed by atoms with van der Waals surface area (Å²) in [4.78, 5) is 11.9. The van der Waals surface area contributed by atoms with Crippen LogP contribution in [0.25, 0.3) is 0 Å². The average molecular weight is 335 g/mol. The molecule has 0 spiro atoms. The van der Waals surface area contributed by atoms with Gasteiger partial charge in [-0.05, 0) is 53.2 Å². The minimum absolute atomic E-state index is 0.0675. The summed E-state index contributed by atoms with van der Waals surface area (Å²) in [5, 5.41) is 2.99. The molecule has 2 rings (SSSR count). The number of halogens is 3. The Balaban J connectivity index is 1.96. The van der Waals surface area contributed by atoms with Gasteiger partial charge in [-0.15, -0.1) is 11.6 Å². The maximum Gasteiger partial charge on any atom is 0.255 e. The van der Waals surface area contributed by atoms with E-state index >= 15 is 0 Å². The van der Waals surface area contributed by atoms with Gasteiger partial charge in [0.2, 0.25) is 0 Å². The highest BCUT2D eigenvalue weighted by Gasteiger charge is 2.24. The largest absolute Gasteiger partial charge is 0.352 e. The summed E-state index contributed by atoms with van der Waals surface area (Å²) < 4.78 is 14.0. The Labute approximate surface area is 119 Å². The molecule has 1 aliphatic carbocycles. The van der Waals surface area contributed by atoms with Crippen molar-refractivity contribution in [2.45, 2.75) is 24.6 Å². The molecular formula is C13H14BrClFNO. The average Bonchev–Trinajstić information content (AvgIpc) is 2.72. The highest BCUT2D eigenvalue weighted by Crippen LogP contribution is 2.29. The molecule has 1 aliphatic rings. The maximum absolute atomic E-state index is 13.6. The van der Waals surface area contributed by atoms with Gasteiger partial charge in [0.15, 0.2) is 0 Å². The minimum atomic E-state index is -0.511. The Kier molecular flexibility index (Phi) is 4.62. The highest BCUT2D eigenvalue weighted by molar-refractivity contribution is 9.10. The van der Waals surface area contributed by atoms with E-state index in [4.69, 9.17) is 11.6 Å². The SMILES string of the molecule is O=C(NCC1CCC(Cl)C1)c1c(F)cccc1Br. The predicted octanol–water partition coefficient (Wildman–Crippen LogP) is 3.73. The first-order valence-corrected chi connectivity index (χ1v) is 7.17. The molecule has 1 amide bonds. The molecule has 2 atom stereocenters. The number of nitrogens with one attached hydrogen (secondary N) is 1. The van der Waals surface area contributed by atoms with E-state index in [-0.39, 0.29) is 16.8 Å². The Morgan fingerprint density at radius 1 is 1.50 bits per heavy atom. The fourth-order valence-electron chi connectivity index (χ4n) is 2.24. The third kappa shape index (κ3) is 3.23. The third-order valence-corrected chi connectivity index (χ3v) is 4.28. The Morgan fingerprint density at radius 2 is 2.28 bits per heavy atom. The van der Waals surface area contributed by atoms with Crippen molar-refractivity contribution in [3.8, 4) is 0 Å². The molecular weight excluding hydrogens is 321 g/mol. The lowest BCUT2D eigenvalue weighted by atomic mass is 10.1. The van der Waals surface area contributed by atoms with Crippen LogP contribution in [0.4, 0.5) is 4.39 Å². The first-order valence-electron chi connectivity index (χ1n) is 5.94. The van der Waals surface area contributed by atoms with Gasteiger partial charge in [0.1, 0.15) is 5.82 Å². The van der Waals surface area contributed by atoms with Gasteiger partial charge in [0.05, 0.1) is 5.56 Å². The molecule has 98 valence electrons. The van der Waals surface area contributed by atoms with E-state index < -0.39 is 5.82 Å². The molecule has 0 bridgehead atoms. The number of rotatable bonds is 3. The number of amides is 1. The van der Waals surface area contributed by atoms with Crippen LogP contribution < -0.4 is 5.32 Å². The van der Waals surface area contributed by atoms with Crippen LogP contribution in [0.3, 0.4) is 0 Å². The lowest BCUT2D eigenvalue weighted by Crippen LogP contribution is -2.29. The van der Waals surface area contributed by atoms with Crippen molar-refractivity contribution in [3.05, 3.63) is 34.1 Å².